The SMILES string of the molecule is CN(CC1CCCN1)c1ccc2ccccc2n1. The van der Waals surface area contributed by atoms with E-state index in [9.17, 15) is 0 Å². The minimum atomic E-state index is 0.614. The number of pyridine rings is 1. The van der Waals surface area contributed by atoms with E-state index in [-0.39, 0.29) is 0 Å². The van der Waals surface area contributed by atoms with Crippen LogP contribution in [-0.4, -0.2) is 31.2 Å². The Bertz CT molecular complexity index is 532. The van der Waals surface area contributed by atoms with Gasteiger partial charge in [-0.3, -0.25) is 0 Å². The fraction of sp³-hybridized carbons (Fsp3) is 0.400. The van der Waals surface area contributed by atoms with Gasteiger partial charge in [0.15, 0.2) is 0 Å². The molecule has 2 heterocycles. The van der Waals surface area contributed by atoms with Crippen LogP contribution in [0.2, 0.25) is 0 Å². The smallest absolute Gasteiger partial charge is 0.129 e. The third-order valence-corrected chi connectivity index (χ3v) is 3.63. The summed E-state index contributed by atoms with van der Waals surface area (Å²) in [7, 11) is 2.12. The van der Waals surface area contributed by atoms with E-state index in [1.54, 1.807) is 0 Å². The summed E-state index contributed by atoms with van der Waals surface area (Å²) >= 11 is 0. The molecule has 3 nitrogen and oxygen atoms in total. The van der Waals surface area contributed by atoms with Gasteiger partial charge in [-0.1, -0.05) is 18.2 Å². The molecule has 1 aromatic carbocycles. The van der Waals surface area contributed by atoms with Crippen molar-refractivity contribution >= 4 is 16.7 Å². The van der Waals surface area contributed by atoms with E-state index < -0.39 is 0 Å². The molecular weight excluding hydrogens is 222 g/mol. The average molecular weight is 241 g/mol. The standard InChI is InChI=1S/C15H19N3/c1-18(11-13-6-4-10-16-13)15-9-8-12-5-2-3-7-14(12)17-15/h2-3,5,7-9,13,16H,4,6,10-11H2,1H3. The van der Waals surface area contributed by atoms with E-state index in [1.807, 2.05) is 6.07 Å². The van der Waals surface area contributed by atoms with E-state index >= 15 is 0 Å². The summed E-state index contributed by atoms with van der Waals surface area (Å²) in [5.41, 5.74) is 1.07. The second-order valence-corrected chi connectivity index (χ2v) is 5.04. The Morgan fingerprint density at radius 2 is 2.17 bits per heavy atom. The Hall–Kier alpha value is -1.61. The van der Waals surface area contributed by atoms with E-state index in [4.69, 9.17) is 4.98 Å². The zero-order valence-corrected chi connectivity index (χ0v) is 10.8. The highest BCUT2D eigenvalue weighted by molar-refractivity contribution is 5.80. The number of para-hydroxylation sites is 1. The van der Waals surface area contributed by atoms with Gasteiger partial charge in [-0.15, -0.1) is 0 Å². The van der Waals surface area contributed by atoms with E-state index in [0.717, 1.165) is 24.4 Å². The number of fused-ring (bicyclic) bond motifs is 1. The lowest BCUT2D eigenvalue weighted by Gasteiger charge is -2.22. The van der Waals surface area contributed by atoms with Crippen molar-refractivity contribution in [2.75, 3.05) is 25.0 Å². The third-order valence-electron chi connectivity index (χ3n) is 3.63. The molecule has 1 atom stereocenters. The fourth-order valence-corrected chi connectivity index (χ4v) is 2.60. The molecule has 1 unspecified atom stereocenters. The number of hydrogen-bond donors (Lipinski definition) is 1. The van der Waals surface area contributed by atoms with Gasteiger partial charge in [0.2, 0.25) is 0 Å². The number of nitrogens with zero attached hydrogens (tertiary/aromatic N) is 2. The molecular formula is C15H19N3. The maximum absolute atomic E-state index is 4.72. The van der Waals surface area contributed by atoms with Crippen molar-refractivity contribution in [3.05, 3.63) is 36.4 Å². The van der Waals surface area contributed by atoms with Crippen molar-refractivity contribution < 1.29 is 0 Å². The quantitative estimate of drug-likeness (QED) is 0.894. The van der Waals surface area contributed by atoms with Gasteiger partial charge in [-0.2, -0.15) is 0 Å². The molecule has 0 amide bonds. The topological polar surface area (TPSA) is 28.2 Å². The van der Waals surface area contributed by atoms with Crippen LogP contribution in [0, 0.1) is 0 Å². The van der Waals surface area contributed by atoms with Crippen molar-refractivity contribution in [3.63, 3.8) is 0 Å². The van der Waals surface area contributed by atoms with Gasteiger partial charge in [-0.25, -0.2) is 4.98 Å². The summed E-state index contributed by atoms with van der Waals surface area (Å²) in [6, 6.07) is 13.1. The van der Waals surface area contributed by atoms with Crippen molar-refractivity contribution in [2.24, 2.45) is 0 Å². The van der Waals surface area contributed by atoms with Crippen LogP contribution < -0.4 is 10.2 Å². The van der Waals surface area contributed by atoms with Gasteiger partial charge in [0.05, 0.1) is 5.52 Å². The second kappa shape index (κ2) is 4.94. The maximum Gasteiger partial charge on any atom is 0.129 e. The van der Waals surface area contributed by atoms with Crippen molar-refractivity contribution in [1.82, 2.24) is 10.3 Å². The van der Waals surface area contributed by atoms with E-state index in [0.29, 0.717) is 6.04 Å². The van der Waals surface area contributed by atoms with Crippen molar-refractivity contribution in [1.29, 1.82) is 0 Å². The predicted molar refractivity (Wildman–Crippen MR) is 76.0 cm³/mol. The third kappa shape index (κ3) is 2.31. The van der Waals surface area contributed by atoms with E-state index in [2.05, 4.69) is 47.6 Å². The molecule has 1 saturated heterocycles. The molecule has 0 spiro atoms. The van der Waals surface area contributed by atoms with Crippen LogP contribution in [0.25, 0.3) is 10.9 Å². The molecule has 94 valence electrons. The zero-order valence-electron chi connectivity index (χ0n) is 10.8. The molecule has 3 heteroatoms. The molecule has 1 aliphatic rings. The minimum Gasteiger partial charge on any atom is -0.358 e. The van der Waals surface area contributed by atoms with Crippen LogP contribution in [0.4, 0.5) is 5.82 Å². The number of anilines is 1. The van der Waals surface area contributed by atoms with Crippen LogP contribution in [0.3, 0.4) is 0 Å². The van der Waals surface area contributed by atoms with Crippen molar-refractivity contribution in [2.45, 2.75) is 18.9 Å². The highest BCUT2D eigenvalue weighted by Crippen LogP contribution is 2.18. The maximum atomic E-state index is 4.72. The number of likely N-dealkylation sites (N-methyl/N-ethyl adjacent to an activating group) is 1. The number of benzene rings is 1. The predicted octanol–water partition coefficient (Wildman–Crippen LogP) is 2.42. The summed E-state index contributed by atoms with van der Waals surface area (Å²) in [4.78, 5) is 6.96. The van der Waals surface area contributed by atoms with Crippen LogP contribution in [0.5, 0.6) is 0 Å². The summed E-state index contributed by atoms with van der Waals surface area (Å²) in [6.45, 7) is 2.19. The molecule has 2 aromatic rings. The van der Waals surface area contributed by atoms with E-state index in [1.165, 1.54) is 18.2 Å². The molecule has 1 fully saturated rings. The first kappa shape index (κ1) is 11.5. The summed E-state index contributed by atoms with van der Waals surface area (Å²) in [5.74, 6) is 1.06. The van der Waals surface area contributed by atoms with Gasteiger partial charge in [0.25, 0.3) is 0 Å². The first-order valence-electron chi connectivity index (χ1n) is 6.63. The Morgan fingerprint density at radius 3 is 3.00 bits per heavy atom. The Balaban J connectivity index is 1.80. The van der Waals surface area contributed by atoms with Crippen LogP contribution in [0.15, 0.2) is 36.4 Å². The molecule has 1 N–H and O–H groups in total. The van der Waals surface area contributed by atoms with Gasteiger partial charge in [-0.05, 0) is 37.6 Å². The molecule has 0 bridgehead atoms. The van der Waals surface area contributed by atoms with Crippen LogP contribution >= 0.6 is 0 Å². The number of aromatic nitrogens is 1. The summed E-state index contributed by atoms with van der Waals surface area (Å²) in [5, 5.41) is 4.73. The Labute approximate surface area is 108 Å². The largest absolute Gasteiger partial charge is 0.358 e. The second-order valence-electron chi connectivity index (χ2n) is 5.04. The fourth-order valence-electron chi connectivity index (χ4n) is 2.60. The molecule has 18 heavy (non-hydrogen) atoms. The molecule has 3 rings (SSSR count). The van der Waals surface area contributed by atoms with Gasteiger partial charge in [0, 0.05) is 25.0 Å². The summed E-state index contributed by atoms with van der Waals surface area (Å²) in [6.07, 6.45) is 2.57. The van der Waals surface area contributed by atoms with Gasteiger partial charge < -0.3 is 10.2 Å². The highest BCUT2D eigenvalue weighted by Gasteiger charge is 2.16. The average Bonchev–Trinajstić information content (AvgIpc) is 2.91. The number of rotatable bonds is 3. The first-order valence-corrected chi connectivity index (χ1v) is 6.63. The number of nitrogens with one attached hydrogen (secondary N) is 1. The summed E-state index contributed by atoms with van der Waals surface area (Å²) < 4.78 is 0. The first-order chi connectivity index (χ1) is 8.83. The molecule has 1 aromatic heterocycles. The molecule has 0 aliphatic carbocycles. The van der Waals surface area contributed by atoms with Crippen molar-refractivity contribution in [3.8, 4) is 0 Å². The zero-order chi connectivity index (χ0) is 12.4. The Kier molecular flexibility index (Phi) is 3.15. The highest BCUT2D eigenvalue weighted by atomic mass is 15.2. The molecule has 1 aliphatic heterocycles. The lowest BCUT2D eigenvalue weighted by atomic mass is 10.2. The van der Waals surface area contributed by atoms with Gasteiger partial charge in [0.1, 0.15) is 5.82 Å². The van der Waals surface area contributed by atoms with Gasteiger partial charge >= 0.3 is 0 Å². The lowest BCUT2D eigenvalue weighted by Crippen LogP contribution is -2.35. The van der Waals surface area contributed by atoms with Crippen LogP contribution in [-0.2, 0) is 0 Å². The Morgan fingerprint density at radius 1 is 1.28 bits per heavy atom. The monoisotopic (exact) mass is 241 g/mol. The normalized spacial score (nSPS) is 19.3. The number of hydrogen-bond acceptors (Lipinski definition) is 3. The molecule has 0 radical (unpaired) electrons. The minimum absolute atomic E-state index is 0.614. The lowest BCUT2D eigenvalue weighted by molar-refractivity contribution is 0.597. The molecule has 0 saturated carbocycles. The van der Waals surface area contributed by atoms with Crippen LogP contribution in [0.1, 0.15) is 12.8 Å².